The molecule has 0 aliphatic rings. The molecule has 0 aliphatic heterocycles. The monoisotopic (exact) mass is 2390 g/mol. The average Bonchev–Trinajstić information content (AvgIpc) is 1.70. The van der Waals surface area contributed by atoms with Gasteiger partial charge in [0.05, 0.1) is 24.4 Å². The van der Waals surface area contributed by atoms with Crippen molar-refractivity contribution in [3.63, 3.8) is 0 Å². The molecule has 4 unspecified atom stereocenters. The number of nitrogens with zero attached hydrogens (tertiary/aromatic N) is 8. The van der Waals surface area contributed by atoms with Crippen molar-refractivity contribution < 1.29 is 158 Å². The van der Waals surface area contributed by atoms with Crippen LogP contribution in [-0.4, -0.2) is 95.8 Å². The summed E-state index contributed by atoms with van der Waals surface area (Å²) in [6.45, 7) is 14.1. The molecule has 4 atom stereocenters. The number of carboxylic acids is 1. The molecule has 123 heavy (non-hydrogen) atoms. The number of carbonyl (C=O) groups is 1. The molecule has 24 heteroatoms. The van der Waals surface area contributed by atoms with Gasteiger partial charge in [-0.05, 0) is 152 Å². The fraction of sp³-hybridized carbons (Fsp3) is 0.121. The summed E-state index contributed by atoms with van der Waals surface area (Å²) in [5, 5.41) is 45.7. The second-order valence-electron chi connectivity index (χ2n) is 25.1. The predicted molar refractivity (Wildman–Crippen MR) is 468 cm³/mol. The van der Waals surface area contributed by atoms with Crippen LogP contribution in [0.3, 0.4) is 0 Å². The Kier molecular flexibility index (Phi) is 60.1. The maximum Gasteiger partial charge on any atom is 0.354 e. The number of aromatic nitrogens is 8. The van der Waals surface area contributed by atoms with Gasteiger partial charge in [0.15, 0.2) is 0 Å². The van der Waals surface area contributed by atoms with Crippen molar-refractivity contribution in [1.29, 1.82) is 0 Å². The summed E-state index contributed by atoms with van der Waals surface area (Å²) >= 11 is 3.39. The molecule has 0 saturated carbocycles. The van der Waals surface area contributed by atoms with Crippen LogP contribution in [-0.2, 0) is 132 Å². The molecule has 16 aromatic rings. The van der Waals surface area contributed by atoms with Gasteiger partial charge < -0.3 is 60.4 Å². The number of benzene rings is 6. The predicted octanol–water partition coefficient (Wildman–Crippen LogP) is 21.9. The normalized spacial score (nSPS) is 10.4. The van der Waals surface area contributed by atoms with E-state index in [2.05, 4.69) is 126 Å². The maximum absolute atomic E-state index is 13.2. The summed E-state index contributed by atoms with van der Waals surface area (Å²) in [6.07, 6.45) is 18.8. The van der Waals surface area contributed by atoms with Crippen LogP contribution in [0.4, 0.5) is 8.78 Å². The number of pyridine rings is 8. The van der Waals surface area contributed by atoms with Gasteiger partial charge in [0.2, 0.25) is 0 Å². The van der Waals surface area contributed by atoms with E-state index >= 15 is 0 Å². The number of hydrogen-bond acceptors (Lipinski definition) is 15. The smallest absolute Gasteiger partial charge is 0.354 e. The van der Waals surface area contributed by atoms with E-state index in [0.717, 1.165) is 91.1 Å². The summed E-state index contributed by atoms with van der Waals surface area (Å²) in [5.41, 5.74) is 13.2. The molecular weight excluding hydrogens is 2300 g/mol. The second-order valence-corrected chi connectivity index (χ2v) is 27.1. The molecule has 6 aromatic carbocycles. The van der Waals surface area contributed by atoms with Crippen molar-refractivity contribution in [3.05, 3.63) is 424 Å². The van der Waals surface area contributed by atoms with Crippen molar-refractivity contribution in [2.24, 2.45) is 0 Å². The number of aliphatic hydroxyl groups excluding tert-OH is 4. The minimum absolute atomic E-state index is 0. The number of thiophene rings is 2. The van der Waals surface area contributed by atoms with Crippen LogP contribution in [0.5, 0.6) is 0 Å². The van der Waals surface area contributed by atoms with E-state index in [1.807, 2.05) is 218 Å². The van der Waals surface area contributed by atoms with Crippen molar-refractivity contribution in [2.45, 2.75) is 77.8 Å². The number of fused-ring (bicyclic) bond motifs is 1. The first-order valence-corrected chi connectivity index (χ1v) is 38.8. The van der Waals surface area contributed by atoms with Gasteiger partial charge in [0.1, 0.15) is 5.69 Å². The van der Waals surface area contributed by atoms with E-state index in [4.69, 9.17) is 25.5 Å². The van der Waals surface area contributed by atoms with E-state index in [-0.39, 0.29) is 155 Å². The van der Waals surface area contributed by atoms with Crippen molar-refractivity contribution in [2.75, 3.05) is 0 Å². The zero-order valence-corrected chi connectivity index (χ0v) is 80.1. The molecule has 0 fully saturated rings. The van der Waals surface area contributed by atoms with Crippen LogP contribution in [0.1, 0.15) is 62.2 Å². The van der Waals surface area contributed by atoms with Crippen LogP contribution in [0.15, 0.2) is 353 Å². The van der Waals surface area contributed by atoms with Crippen LogP contribution in [0.2, 0.25) is 0 Å². The van der Waals surface area contributed by atoms with Crippen LogP contribution >= 0.6 is 22.7 Å². The van der Waals surface area contributed by atoms with Gasteiger partial charge in [0, 0.05) is 186 Å². The Labute approximate surface area is 808 Å². The molecule has 5 N–H and O–H groups in total. The molecule has 0 saturated heterocycles. The molecular formula is C99H89F2Ir2N8O6PdRh3S2-7. The van der Waals surface area contributed by atoms with Gasteiger partial charge in [-0.1, -0.05) is 132 Å². The fourth-order valence-corrected chi connectivity index (χ4v) is 11.7. The molecule has 16 rings (SSSR count). The number of aliphatic hydroxyl groups is 4. The average molecular weight is 2390 g/mol. The molecule has 10 heterocycles. The number of hydrogen-bond donors (Lipinski definition) is 5. The summed E-state index contributed by atoms with van der Waals surface area (Å²) in [7, 11) is 0. The third-order valence-corrected chi connectivity index (χ3v) is 17.2. The first-order chi connectivity index (χ1) is 57.0. The minimum Gasteiger partial charge on any atom is -0.477 e. The second kappa shape index (κ2) is 66.2. The van der Waals surface area contributed by atoms with Crippen LogP contribution in [0, 0.1) is 54.1 Å². The van der Waals surface area contributed by atoms with Gasteiger partial charge in [-0.25, -0.2) is 32.5 Å². The Morgan fingerprint density at radius 3 is 1.16 bits per heavy atom. The number of rotatable bonds is 16. The maximum atomic E-state index is 13.2. The van der Waals surface area contributed by atoms with E-state index in [0.29, 0.717) is 18.5 Å². The third kappa shape index (κ3) is 44.7. The number of aromatic carboxylic acids is 1. The van der Waals surface area contributed by atoms with Crippen molar-refractivity contribution in [1.82, 2.24) is 39.9 Å². The molecule has 14 nitrogen and oxygen atoms in total. The van der Waals surface area contributed by atoms with Crippen molar-refractivity contribution in [3.8, 4) is 77.4 Å². The standard InChI is InChI=1S/2C14H12N.C13H8NS.C11H6F2N.2C11H8N.C9H6NS.C6H5NO2.2C5H12O2.2Ir.Pd.3Rh/c1-2-6-12-7-5-8-13(11-12)14-9-3-4-10-15-14;1-2-5-12-7-9-13(10-8-12)14-6-3-4-11-15-14;1-2-7-12-10(5-1)9-13(15-12)11-6-3-4-8-14-11;12-8-4-5-9(10(13)7-8)11-3-1-2-6-14-11;2*1-2-6-10(7-3-1)11-8-4-5-9-12-11;1-2-6-10-8(4-1)9-5-3-7-11-9;8-6(9)5-3-1-2-4-7-5;2*1-4(6)3-5(2)7;;;;;;/h2-5,7,9-11H,1,6H2;2-4,6-9,11H,1,5H2;1-8H;1-4,6-7H;2*1-6,8-9H;1-4,6-7H;1-4H,(H,8,9);2*4-7H,3H2,1-2H3;;;;;;/q7*-1;;;;;;;;;. The molecule has 10 aromatic heterocycles. The zero-order valence-electron chi connectivity index (χ0n) is 67.2. The molecule has 0 spiro atoms. The van der Waals surface area contributed by atoms with E-state index < -0.39 is 17.6 Å². The van der Waals surface area contributed by atoms with Crippen LogP contribution in [0.25, 0.3) is 87.5 Å². The summed E-state index contributed by atoms with van der Waals surface area (Å²) in [4.78, 5) is 45.4. The summed E-state index contributed by atoms with van der Waals surface area (Å²) in [5.74, 6) is -2.28. The van der Waals surface area contributed by atoms with E-state index in [9.17, 15) is 13.6 Å². The topological polar surface area (TPSA) is 221 Å². The Morgan fingerprint density at radius 1 is 0.407 bits per heavy atom. The Bertz CT molecular complexity index is 5150. The third-order valence-electron chi connectivity index (χ3n) is 15.3. The summed E-state index contributed by atoms with van der Waals surface area (Å²) < 4.78 is 27.1. The molecule has 0 amide bonds. The Morgan fingerprint density at radius 2 is 0.805 bits per heavy atom. The first-order valence-electron chi connectivity index (χ1n) is 37.1. The minimum atomic E-state index is -0.990. The number of halogens is 2. The largest absolute Gasteiger partial charge is 0.477 e. The quantitative estimate of drug-likeness (QED) is 0.0345. The van der Waals surface area contributed by atoms with Gasteiger partial charge in [0.25, 0.3) is 0 Å². The Balaban J connectivity index is 0.000000686. The Hall–Kier alpha value is -9.34. The fourth-order valence-electron chi connectivity index (χ4n) is 10.1. The number of allylic oxidation sites excluding steroid dienone is 2. The SMILES string of the molecule is C=CCc1c[c-]c(-c2ccccn2)cc1.C=CCc1cc[c-]c(-c2ccccn2)c1.CC(O)CC(C)O.CC(O)CC(C)O.Fc1c[c-]c(-c2ccccn2)c(F)c1.O=C(O)c1ccccn1.[Ir].[Ir].[Pd].[Rh].[Rh].[Rh].[c-]1c(-c2ccccn2)sc2ccccc12.[c-]1ccccc1-c1ccccn1.[c-]1ccccc1-c1ccccn1.[c-]1ccsc1-c1ccccn1. The molecule has 649 valence electrons. The van der Waals surface area contributed by atoms with Gasteiger partial charge in [-0.2, -0.15) is 12.1 Å². The van der Waals surface area contributed by atoms with Gasteiger partial charge in [-0.3, -0.25) is 8.78 Å². The molecule has 0 aliphatic carbocycles. The first kappa shape index (κ1) is 112. The van der Waals surface area contributed by atoms with Crippen LogP contribution < -0.4 is 0 Å². The van der Waals surface area contributed by atoms with Gasteiger partial charge in [-0.15, -0.1) is 197 Å². The van der Waals surface area contributed by atoms with Crippen molar-refractivity contribution >= 4 is 38.7 Å². The molecule has 5 radical (unpaired) electrons. The van der Waals surface area contributed by atoms with Gasteiger partial charge >= 0.3 is 5.97 Å². The number of carboxylic acid groups (broad SMARTS) is 1. The molecule has 0 bridgehead atoms. The van der Waals surface area contributed by atoms with E-state index in [1.54, 1.807) is 118 Å². The zero-order chi connectivity index (χ0) is 83.5. The van der Waals surface area contributed by atoms with E-state index in [1.165, 1.54) is 33.5 Å². The summed E-state index contributed by atoms with van der Waals surface area (Å²) in [6, 6.07) is 107.